The molecule has 2 N–H and O–H groups in total. The molecule has 0 aromatic heterocycles. The second kappa shape index (κ2) is 11.4. The van der Waals surface area contributed by atoms with Crippen molar-refractivity contribution < 1.29 is 4.79 Å². The van der Waals surface area contributed by atoms with Crippen molar-refractivity contribution in [1.82, 2.24) is 15.5 Å². The summed E-state index contributed by atoms with van der Waals surface area (Å²) in [6.07, 6.45) is 0. The van der Waals surface area contributed by atoms with Crippen LogP contribution in [0.5, 0.6) is 0 Å². The molecule has 0 radical (unpaired) electrons. The Labute approximate surface area is 158 Å². The predicted molar refractivity (Wildman–Crippen MR) is 102 cm³/mol. The third-order valence-electron chi connectivity index (χ3n) is 3.47. The predicted octanol–water partition coefficient (Wildman–Crippen LogP) is 2.67. The van der Waals surface area contributed by atoms with Gasteiger partial charge in [0.25, 0.3) is 0 Å². The molecule has 1 aliphatic rings. The fourth-order valence-corrected chi connectivity index (χ4v) is 3.65. The molecular weight excluding hydrogens is 377 g/mol. The van der Waals surface area contributed by atoms with E-state index in [-0.39, 0.29) is 18.3 Å². The maximum atomic E-state index is 11.8. The van der Waals surface area contributed by atoms with E-state index >= 15 is 0 Å². The van der Waals surface area contributed by atoms with Gasteiger partial charge in [-0.1, -0.05) is 29.3 Å². The average Bonchev–Trinajstić information content (AvgIpc) is 2.50. The summed E-state index contributed by atoms with van der Waals surface area (Å²) >= 11 is 13.5. The summed E-state index contributed by atoms with van der Waals surface area (Å²) < 4.78 is 0. The minimum Gasteiger partial charge on any atom is -0.354 e. The summed E-state index contributed by atoms with van der Waals surface area (Å²) in [6, 6.07) is 5.45. The highest BCUT2D eigenvalue weighted by molar-refractivity contribution is 7.99. The Bertz CT molecular complexity index is 499. The molecule has 8 heteroatoms. The van der Waals surface area contributed by atoms with Crippen LogP contribution < -0.4 is 10.6 Å². The normalized spacial score (nSPS) is 15.0. The molecule has 1 aliphatic heterocycles. The van der Waals surface area contributed by atoms with Crippen LogP contribution in [0.4, 0.5) is 0 Å². The minimum absolute atomic E-state index is 0. The first-order chi connectivity index (χ1) is 10.6. The number of benzene rings is 1. The van der Waals surface area contributed by atoms with Crippen molar-refractivity contribution in [3.63, 3.8) is 0 Å². The van der Waals surface area contributed by atoms with E-state index in [4.69, 9.17) is 23.2 Å². The zero-order valence-electron chi connectivity index (χ0n) is 12.8. The first kappa shape index (κ1) is 20.9. The van der Waals surface area contributed by atoms with E-state index in [9.17, 15) is 4.79 Å². The van der Waals surface area contributed by atoms with E-state index in [1.165, 1.54) is 0 Å². The number of hydrogen-bond acceptors (Lipinski definition) is 4. The van der Waals surface area contributed by atoms with Crippen LogP contribution in [0, 0.1) is 0 Å². The van der Waals surface area contributed by atoms with Crippen LogP contribution in [0.1, 0.15) is 5.56 Å². The quantitative estimate of drug-likeness (QED) is 0.741. The minimum atomic E-state index is 0. The van der Waals surface area contributed by atoms with Crippen LogP contribution in [-0.4, -0.2) is 55.8 Å². The summed E-state index contributed by atoms with van der Waals surface area (Å²) in [4.78, 5) is 14.2. The van der Waals surface area contributed by atoms with Gasteiger partial charge in [-0.25, -0.2) is 0 Å². The number of nitrogens with zero attached hydrogens (tertiary/aromatic N) is 1. The first-order valence-corrected chi connectivity index (χ1v) is 9.27. The van der Waals surface area contributed by atoms with E-state index in [2.05, 4.69) is 15.5 Å². The lowest BCUT2D eigenvalue weighted by atomic mass is 10.2. The van der Waals surface area contributed by atoms with Crippen molar-refractivity contribution in [2.45, 2.75) is 5.75 Å². The van der Waals surface area contributed by atoms with Gasteiger partial charge in [-0.05, 0) is 17.7 Å². The number of halogens is 3. The topological polar surface area (TPSA) is 44.4 Å². The largest absolute Gasteiger partial charge is 0.354 e. The maximum absolute atomic E-state index is 11.8. The van der Waals surface area contributed by atoms with E-state index in [0.717, 1.165) is 38.3 Å². The van der Waals surface area contributed by atoms with Crippen LogP contribution in [0.3, 0.4) is 0 Å². The third kappa shape index (κ3) is 7.96. The molecule has 0 unspecified atom stereocenters. The lowest BCUT2D eigenvalue weighted by Gasteiger charge is -2.27. The van der Waals surface area contributed by atoms with Gasteiger partial charge in [0.15, 0.2) is 0 Å². The van der Waals surface area contributed by atoms with Crippen molar-refractivity contribution in [2.24, 2.45) is 0 Å². The van der Waals surface area contributed by atoms with Crippen molar-refractivity contribution in [3.05, 3.63) is 33.8 Å². The van der Waals surface area contributed by atoms with Gasteiger partial charge in [0.2, 0.25) is 5.91 Å². The Morgan fingerprint density at radius 3 is 2.74 bits per heavy atom. The van der Waals surface area contributed by atoms with Gasteiger partial charge in [0.1, 0.15) is 0 Å². The Balaban J connectivity index is 0.00000264. The molecule has 23 heavy (non-hydrogen) atoms. The monoisotopic (exact) mass is 397 g/mol. The smallest absolute Gasteiger partial charge is 0.230 e. The molecule has 0 bridgehead atoms. The zero-order valence-corrected chi connectivity index (χ0v) is 16.0. The molecule has 0 atom stereocenters. The molecule has 1 saturated heterocycles. The van der Waals surface area contributed by atoms with Gasteiger partial charge >= 0.3 is 0 Å². The van der Waals surface area contributed by atoms with Gasteiger partial charge in [0, 0.05) is 55.1 Å². The molecule has 1 amide bonds. The summed E-state index contributed by atoms with van der Waals surface area (Å²) in [5, 5.41) is 7.56. The second-order valence-electron chi connectivity index (χ2n) is 5.17. The van der Waals surface area contributed by atoms with E-state index in [1.807, 2.05) is 12.1 Å². The molecule has 0 aliphatic carbocycles. The van der Waals surface area contributed by atoms with Crippen molar-refractivity contribution in [3.8, 4) is 0 Å². The molecule has 1 aromatic carbocycles. The van der Waals surface area contributed by atoms with Crippen LogP contribution in [0.15, 0.2) is 18.2 Å². The summed E-state index contributed by atoms with van der Waals surface area (Å²) in [6.45, 7) is 5.80. The number of nitrogens with one attached hydrogen (secondary N) is 2. The number of hydrogen-bond donors (Lipinski definition) is 2. The van der Waals surface area contributed by atoms with Crippen LogP contribution in [0.2, 0.25) is 10.0 Å². The summed E-state index contributed by atoms with van der Waals surface area (Å²) in [5.74, 6) is 1.23. The zero-order chi connectivity index (χ0) is 15.8. The van der Waals surface area contributed by atoms with Gasteiger partial charge in [-0.2, -0.15) is 0 Å². The molecule has 1 aromatic rings. The molecule has 1 heterocycles. The van der Waals surface area contributed by atoms with Crippen LogP contribution in [-0.2, 0) is 10.5 Å². The Hall–Kier alpha value is -0.170. The fourth-order valence-electron chi connectivity index (χ4n) is 2.23. The number of carbonyl (C=O) groups excluding carboxylic acids is 1. The average molecular weight is 399 g/mol. The van der Waals surface area contributed by atoms with Crippen molar-refractivity contribution >= 4 is 53.3 Å². The van der Waals surface area contributed by atoms with Crippen molar-refractivity contribution in [2.75, 3.05) is 45.0 Å². The summed E-state index contributed by atoms with van der Waals surface area (Å²) in [7, 11) is 0. The maximum Gasteiger partial charge on any atom is 0.230 e. The molecule has 4 nitrogen and oxygen atoms in total. The SMILES string of the molecule is Cl.O=C(CSCc1ccc(Cl)cc1Cl)NCCN1CCNCC1. The van der Waals surface area contributed by atoms with Gasteiger partial charge < -0.3 is 10.6 Å². The highest BCUT2D eigenvalue weighted by Crippen LogP contribution is 2.24. The highest BCUT2D eigenvalue weighted by Gasteiger charge is 2.09. The molecular formula is C15H22Cl3N3OS. The number of amides is 1. The van der Waals surface area contributed by atoms with Gasteiger partial charge in [0.05, 0.1) is 5.75 Å². The molecule has 0 saturated carbocycles. The number of piperazine rings is 1. The molecule has 2 rings (SSSR count). The lowest BCUT2D eigenvalue weighted by Crippen LogP contribution is -2.46. The summed E-state index contributed by atoms with van der Waals surface area (Å²) in [5.41, 5.74) is 1.00. The number of thioether (sulfide) groups is 1. The fraction of sp³-hybridized carbons (Fsp3) is 0.533. The third-order valence-corrected chi connectivity index (χ3v) is 5.03. The molecule has 130 valence electrons. The standard InChI is InChI=1S/C15H21Cl2N3OS.ClH/c16-13-2-1-12(14(17)9-13)10-22-11-15(21)19-5-8-20-6-3-18-4-7-20;/h1-2,9,18H,3-8,10-11H2,(H,19,21);1H. The molecule has 0 spiro atoms. The van der Waals surface area contributed by atoms with Gasteiger partial charge in [-0.15, -0.1) is 24.2 Å². The van der Waals surface area contributed by atoms with E-state index in [0.29, 0.717) is 28.1 Å². The first-order valence-electron chi connectivity index (χ1n) is 7.36. The number of rotatable bonds is 7. The van der Waals surface area contributed by atoms with E-state index in [1.54, 1.807) is 17.8 Å². The highest BCUT2D eigenvalue weighted by atomic mass is 35.5. The Morgan fingerprint density at radius 1 is 1.30 bits per heavy atom. The van der Waals surface area contributed by atoms with Crippen LogP contribution >= 0.6 is 47.4 Å². The Morgan fingerprint density at radius 2 is 2.04 bits per heavy atom. The number of carbonyl (C=O) groups is 1. The second-order valence-corrected chi connectivity index (χ2v) is 7.00. The lowest BCUT2D eigenvalue weighted by molar-refractivity contribution is -0.118. The van der Waals surface area contributed by atoms with Gasteiger partial charge in [-0.3, -0.25) is 9.69 Å². The van der Waals surface area contributed by atoms with Crippen LogP contribution in [0.25, 0.3) is 0 Å². The Kier molecular flexibility index (Phi) is 10.3. The van der Waals surface area contributed by atoms with Crippen molar-refractivity contribution in [1.29, 1.82) is 0 Å². The van der Waals surface area contributed by atoms with E-state index < -0.39 is 0 Å². The molecule has 1 fully saturated rings.